The maximum absolute atomic E-state index is 11.0. The number of hydrogen-bond acceptors (Lipinski definition) is 3. The standard InChI is InChI=1S/C11H22O4/c1-3-4-5-10(11(14)15)8(2)6-9(13)7-12/h8-10,12-13H,3-7H2,1-2H3,(H,14,15). The minimum absolute atomic E-state index is 0.101. The minimum atomic E-state index is -0.805. The van der Waals surface area contributed by atoms with Gasteiger partial charge in [0.15, 0.2) is 0 Å². The lowest BCUT2D eigenvalue weighted by atomic mass is 9.85. The van der Waals surface area contributed by atoms with E-state index < -0.39 is 18.0 Å². The fraction of sp³-hybridized carbons (Fsp3) is 0.909. The fourth-order valence-electron chi connectivity index (χ4n) is 1.74. The van der Waals surface area contributed by atoms with E-state index in [4.69, 9.17) is 10.2 Å². The molecule has 0 saturated heterocycles. The topological polar surface area (TPSA) is 77.8 Å². The summed E-state index contributed by atoms with van der Waals surface area (Å²) in [5, 5.41) is 26.9. The average Bonchev–Trinajstić information content (AvgIpc) is 2.17. The molecular weight excluding hydrogens is 196 g/mol. The third-order valence-electron chi connectivity index (χ3n) is 2.73. The number of aliphatic hydroxyl groups excluding tert-OH is 2. The maximum atomic E-state index is 11.0. The van der Waals surface area contributed by atoms with Crippen molar-refractivity contribution in [2.45, 2.75) is 45.6 Å². The number of aliphatic carboxylic acids is 1. The molecule has 0 saturated carbocycles. The lowest BCUT2D eigenvalue weighted by molar-refractivity contribution is -0.144. The van der Waals surface area contributed by atoms with Crippen LogP contribution in [0, 0.1) is 11.8 Å². The van der Waals surface area contributed by atoms with Gasteiger partial charge in [0.25, 0.3) is 0 Å². The van der Waals surface area contributed by atoms with Crippen LogP contribution in [0.15, 0.2) is 0 Å². The SMILES string of the molecule is CCCCC(C(=O)O)C(C)CC(O)CO. The molecule has 0 aliphatic carbocycles. The number of carboxylic acids is 1. The number of unbranched alkanes of at least 4 members (excludes halogenated alkanes) is 1. The molecule has 0 rings (SSSR count). The molecule has 4 heteroatoms. The first-order chi connectivity index (χ1) is 7.02. The monoisotopic (exact) mass is 218 g/mol. The van der Waals surface area contributed by atoms with Crippen molar-refractivity contribution in [2.75, 3.05) is 6.61 Å². The van der Waals surface area contributed by atoms with Gasteiger partial charge in [-0.3, -0.25) is 4.79 Å². The van der Waals surface area contributed by atoms with E-state index >= 15 is 0 Å². The summed E-state index contributed by atoms with van der Waals surface area (Å²) >= 11 is 0. The van der Waals surface area contributed by atoms with Crippen molar-refractivity contribution in [1.82, 2.24) is 0 Å². The number of carboxylic acid groups (broad SMARTS) is 1. The Morgan fingerprint density at radius 1 is 1.40 bits per heavy atom. The molecule has 0 aromatic carbocycles. The van der Waals surface area contributed by atoms with Gasteiger partial charge < -0.3 is 15.3 Å². The zero-order chi connectivity index (χ0) is 11.8. The third-order valence-corrected chi connectivity index (χ3v) is 2.73. The van der Waals surface area contributed by atoms with Crippen LogP contribution in [0.2, 0.25) is 0 Å². The van der Waals surface area contributed by atoms with Gasteiger partial charge in [0, 0.05) is 0 Å². The Hall–Kier alpha value is -0.610. The van der Waals surface area contributed by atoms with Gasteiger partial charge in [-0.1, -0.05) is 26.7 Å². The van der Waals surface area contributed by atoms with Gasteiger partial charge in [0.2, 0.25) is 0 Å². The minimum Gasteiger partial charge on any atom is -0.481 e. The summed E-state index contributed by atoms with van der Waals surface area (Å²) in [5.41, 5.74) is 0. The summed E-state index contributed by atoms with van der Waals surface area (Å²) in [7, 11) is 0. The van der Waals surface area contributed by atoms with E-state index in [1.54, 1.807) is 0 Å². The molecule has 0 aromatic rings. The van der Waals surface area contributed by atoms with Crippen LogP contribution < -0.4 is 0 Å². The van der Waals surface area contributed by atoms with Gasteiger partial charge in [-0.2, -0.15) is 0 Å². The second-order valence-electron chi connectivity index (χ2n) is 4.14. The van der Waals surface area contributed by atoms with Gasteiger partial charge in [-0.15, -0.1) is 0 Å². The van der Waals surface area contributed by atoms with E-state index in [1.165, 1.54) is 0 Å². The van der Waals surface area contributed by atoms with Crippen LogP contribution >= 0.6 is 0 Å². The fourth-order valence-corrected chi connectivity index (χ4v) is 1.74. The zero-order valence-electron chi connectivity index (χ0n) is 9.52. The highest BCUT2D eigenvalue weighted by molar-refractivity contribution is 5.70. The predicted octanol–water partition coefficient (Wildman–Crippen LogP) is 1.26. The molecule has 0 heterocycles. The highest BCUT2D eigenvalue weighted by Crippen LogP contribution is 2.23. The molecule has 3 unspecified atom stereocenters. The summed E-state index contributed by atoms with van der Waals surface area (Å²) < 4.78 is 0. The molecule has 3 atom stereocenters. The molecule has 0 radical (unpaired) electrons. The maximum Gasteiger partial charge on any atom is 0.306 e. The molecule has 90 valence electrons. The Bertz CT molecular complexity index is 181. The van der Waals surface area contributed by atoms with E-state index in [9.17, 15) is 9.90 Å². The van der Waals surface area contributed by atoms with Crippen LogP contribution in [0.25, 0.3) is 0 Å². The van der Waals surface area contributed by atoms with E-state index in [0.29, 0.717) is 12.8 Å². The molecular formula is C11H22O4. The van der Waals surface area contributed by atoms with Crippen molar-refractivity contribution >= 4 is 5.97 Å². The van der Waals surface area contributed by atoms with Crippen LogP contribution in [0.1, 0.15) is 39.5 Å². The predicted molar refractivity (Wildman–Crippen MR) is 57.5 cm³/mol. The second kappa shape index (κ2) is 7.65. The largest absolute Gasteiger partial charge is 0.481 e. The van der Waals surface area contributed by atoms with E-state index in [2.05, 4.69) is 0 Å². The molecule has 3 N–H and O–H groups in total. The first-order valence-electron chi connectivity index (χ1n) is 5.54. The molecule has 0 amide bonds. The van der Waals surface area contributed by atoms with Crippen molar-refractivity contribution in [3.63, 3.8) is 0 Å². The van der Waals surface area contributed by atoms with Gasteiger partial charge in [-0.25, -0.2) is 0 Å². The lowest BCUT2D eigenvalue weighted by Gasteiger charge is -2.21. The Kier molecular flexibility index (Phi) is 7.34. The Labute approximate surface area is 90.9 Å². The lowest BCUT2D eigenvalue weighted by Crippen LogP contribution is -2.26. The van der Waals surface area contributed by atoms with Crippen molar-refractivity contribution in [3.05, 3.63) is 0 Å². The summed E-state index contributed by atoms with van der Waals surface area (Å²) in [4.78, 5) is 11.0. The first-order valence-corrected chi connectivity index (χ1v) is 5.54. The molecule has 0 fully saturated rings. The van der Waals surface area contributed by atoms with Crippen molar-refractivity contribution in [1.29, 1.82) is 0 Å². The Morgan fingerprint density at radius 2 is 2.00 bits per heavy atom. The van der Waals surface area contributed by atoms with Gasteiger partial charge in [0.05, 0.1) is 18.6 Å². The van der Waals surface area contributed by atoms with Gasteiger partial charge in [-0.05, 0) is 18.8 Å². The molecule has 0 aliphatic heterocycles. The van der Waals surface area contributed by atoms with Crippen LogP contribution in [-0.2, 0) is 4.79 Å². The second-order valence-corrected chi connectivity index (χ2v) is 4.14. The number of rotatable bonds is 8. The van der Waals surface area contributed by atoms with Crippen molar-refractivity contribution in [3.8, 4) is 0 Å². The first kappa shape index (κ1) is 14.4. The number of carbonyl (C=O) groups is 1. The van der Waals surface area contributed by atoms with Gasteiger partial charge in [0.1, 0.15) is 0 Å². The van der Waals surface area contributed by atoms with Crippen LogP contribution in [0.4, 0.5) is 0 Å². The molecule has 15 heavy (non-hydrogen) atoms. The molecule has 0 aliphatic rings. The van der Waals surface area contributed by atoms with Crippen molar-refractivity contribution in [2.24, 2.45) is 11.8 Å². The summed E-state index contributed by atoms with van der Waals surface area (Å²) in [6, 6.07) is 0. The third kappa shape index (κ3) is 5.74. The highest BCUT2D eigenvalue weighted by atomic mass is 16.4. The van der Waals surface area contributed by atoms with E-state index in [0.717, 1.165) is 12.8 Å². The van der Waals surface area contributed by atoms with Crippen LogP contribution in [-0.4, -0.2) is 34.0 Å². The zero-order valence-corrected chi connectivity index (χ0v) is 9.52. The molecule has 0 bridgehead atoms. The molecule has 0 aromatic heterocycles. The van der Waals surface area contributed by atoms with Crippen molar-refractivity contribution < 1.29 is 20.1 Å². The quantitative estimate of drug-likeness (QED) is 0.573. The number of aliphatic hydroxyl groups is 2. The summed E-state index contributed by atoms with van der Waals surface area (Å²) in [6.07, 6.45) is 2.04. The van der Waals surface area contributed by atoms with Gasteiger partial charge >= 0.3 is 5.97 Å². The smallest absolute Gasteiger partial charge is 0.306 e. The van der Waals surface area contributed by atoms with Crippen LogP contribution in [0.3, 0.4) is 0 Å². The van der Waals surface area contributed by atoms with E-state index in [-0.39, 0.29) is 12.5 Å². The number of hydrogen-bond donors (Lipinski definition) is 3. The molecule has 4 nitrogen and oxygen atoms in total. The Morgan fingerprint density at radius 3 is 2.40 bits per heavy atom. The van der Waals surface area contributed by atoms with E-state index in [1.807, 2.05) is 13.8 Å². The molecule has 0 spiro atoms. The highest BCUT2D eigenvalue weighted by Gasteiger charge is 2.25. The summed E-state index contributed by atoms with van der Waals surface area (Å²) in [6.45, 7) is 3.53. The average molecular weight is 218 g/mol. The normalized spacial score (nSPS) is 17.1. The summed E-state index contributed by atoms with van der Waals surface area (Å²) in [5.74, 6) is -1.32. The van der Waals surface area contributed by atoms with Crippen LogP contribution in [0.5, 0.6) is 0 Å². The Balaban J connectivity index is 4.15.